The van der Waals surface area contributed by atoms with Gasteiger partial charge in [0.15, 0.2) is 11.3 Å². The third kappa shape index (κ3) is 2.65. The highest BCUT2D eigenvalue weighted by molar-refractivity contribution is 7.90. The van der Waals surface area contributed by atoms with Crippen molar-refractivity contribution in [2.45, 2.75) is 5.16 Å². The van der Waals surface area contributed by atoms with E-state index >= 15 is 0 Å². The van der Waals surface area contributed by atoms with Crippen LogP contribution in [-0.2, 0) is 9.84 Å². The summed E-state index contributed by atoms with van der Waals surface area (Å²) in [5, 5.41) is 8.95. The van der Waals surface area contributed by atoms with Gasteiger partial charge < -0.3 is 4.74 Å². The van der Waals surface area contributed by atoms with Crippen LogP contribution >= 0.6 is 11.6 Å². The molecule has 0 saturated heterocycles. The second-order valence-electron chi connectivity index (χ2n) is 5.63. The van der Waals surface area contributed by atoms with Gasteiger partial charge >= 0.3 is 0 Å². The van der Waals surface area contributed by atoms with Crippen LogP contribution in [0.25, 0.3) is 27.8 Å². The molecule has 0 saturated carbocycles. The Bertz CT molecular complexity index is 1270. The first kappa shape index (κ1) is 16.7. The molecule has 0 aliphatic rings. The normalized spacial score (nSPS) is 12.0. The molecule has 0 amide bonds. The van der Waals surface area contributed by atoms with E-state index in [0.29, 0.717) is 38.6 Å². The van der Waals surface area contributed by atoms with E-state index in [2.05, 4.69) is 20.2 Å². The largest absolute Gasteiger partial charge is 0.497 e. The van der Waals surface area contributed by atoms with Gasteiger partial charge in [0.1, 0.15) is 12.1 Å². The number of pyridine rings is 1. The number of rotatable bonds is 3. The fourth-order valence-corrected chi connectivity index (χ4v) is 3.39. The summed E-state index contributed by atoms with van der Waals surface area (Å²) in [5.74, 6) is 0.644. The van der Waals surface area contributed by atoms with E-state index < -0.39 is 9.84 Å². The molecule has 1 aromatic carbocycles. The Morgan fingerprint density at radius 1 is 1.15 bits per heavy atom. The molecular weight excluding hydrogens is 378 g/mol. The maximum absolute atomic E-state index is 11.8. The first-order chi connectivity index (χ1) is 12.4. The van der Waals surface area contributed by atoms with Crippen molar-refractivity contribution >= 4 is 38.1 Å². The first-order valence-corrected chi connectivity index (χ1v) is 9.69. The molecule has 8 nitrogen and oxygen atoms in total. The predicted octanol–water partition coefficient (Wildman–Crippen LogP) is 2.41. The van der Waals surface area contributed by atoms with Gasteiger partial charge in [-0.1, -0.05) is 11.6 Å². The summed E-state index contributed by atoms with van der Waals surface area (Å²) in [6.07, 6.45) is 3.98. The second kappa shape index (κ2) is 5.89. The highest BCUT2D eigenvalue weighted by Gasteiger charge is 2.17. The topological polar surface area (TPSA) is 99.3 Å². The van der Waals surface area contributed by atoms with Crippen molar-refractivity contribution < 1.29 is 13.2 Å². The van der Waals surface area contributed by atoms with E-state index in [4.69, 9.17) is 16.3 Å². The van der Waals surface area contributed by atoms with Gasteiger partial charge in [-0.15, -0.1) is 10.2 Å². The SMILES string of the molecule is COc1ccc(Cl)c(-c2cc3cnc(S(C)(=O)=O)nc3n3cnnc23)c1. The number of aromatic nitrogens is 5. The van der Waals surface area contributed by atoms with Crippen LogP contribution in [0.2, 0.25) is 5.02 Å². The van der Waals surface area contributed by atoms with Crippen LogP contribution in [-0.4, -0.2) is 46.3 Å². The Balaban J connectivity index is 2.07. The van der Waals surface area contributed by atoms with Crippen molar-refractivity contribution in [3.05, 3.63) is 41.8 Å². The molecule has 3 heterocycles. The van der Waals surface area contributed by atoms with E-state index in [0.717, 1.165) is 6.26 Å². The fraction of sp³-hybridized carbons (Fsp3) is 0.125. The summed E-state index contributed by atoms with van der Waals surface area (Å²) < 4.78 is 30.4. The maximum Gasteiger partial charge on any atom is 0.248 e. The first-order valence-electron chi connectivity index (χ1n) is 7.42. The molecule has 10 heteroatoms. The smallest absolute Gasteiger partial charge is 0.248 e. The molecule has 0 atom stereocenters. The molecule has 3 aromatic heterocycles. The molecule has 132 valence electrons. The Labute approximate surface area is 153 Å². The van der Waals surface area contributed by atoms with E-state index in [1.807, 2.05) is 0 Å². The Morgan fingerprint density at radius 3 is 2.69 bits per heavy atom. The lowest BCUT2D eigenvalue weighted by atomic mass is 10.1. The third-order valence-corrected chi connectivity index (χ3v) is 5.08. The molecule has 0 N–H and O–H groups in total. The lowest BCUT2D eigenvalue weighted by molar-refractivity contribution is 0.415. The molecule has 26 heavy (non-hydrogen) atoms. The highest BCUT2D eigenvalue weighted by Crippen LogP contribution is 2.35. The maximum atomic E-state index is 11.8. The summed E-state index contributed by atoms with van der Waals surface area (Å²) in [4.78, 5) is 8.11. The molecule has 0 aliphatic heterocycles. The van der Waals surface area contributed by atoms with Crippen LogP contribution in [0.15, 0.2) is 41.9 Å². The number of ether oxygens (including phenoxy) is 1. The van der Waals surface area contributed by atoms with Gasteiger partial charge in [-0.2, -0.15) is 4.98 Å². The Hall–Kier alpha value is -2.78. The van der Waals surface area contributed by atoms with Crippen molar-refractivity contribution in [1.29, 1.82) is 0 Å². The average Bonchev–Trinajstić information content (AvgIpc) is 3.10. The van der Waals surface area contributed by atoms with Crippen molar-refractivity contribution in [2.24, 2.45) is 0 Å². The van der Waals surface area contributed by atoms with Gasteiger partial charge in [0.2, 0.25) is 15.0 Å². The molecule has 0 fully saturated rings. The number of nitrogens with zero attached hydrogens (tertiary/aromatic N) is 5. The summed E-state index contributed by atoms with van der Waals surface area (Å²) in [7, 11) is -1.97. The van der Waals surface area contributed by atoms with Gasteiger partial charge in [-0.25, -0.2) is 13.4 Å². The quantitative estimate of drug-likeness (QED) is 0.496. The van der Waals surface area contributed by atoms with Gasteiger partial charge in [-0.05, 0) is 24.3 Å². The van der Waals surface area contributed by atoms with Crippen LogP contribution in [0.4, 0.5) is 0 Å². The summed E-state index contributed by atoms with van der Waals surface area (Å²) in [5.41, 5.74) is 2.29. The van der Waals surface area contributed by atoms with Gasteiger partial charge in [0, 0.05) is 34.0 Å². The van der Waals surface area contributed by atoms with Gasteiger partial charge in [-0.3, -0.25) is 4.40 Å². The zero-order valence-electron chi connectivity index (χ0n) is 13.7. The fourth-order valence-electron chi connectivity index (χ4n) is 2.67. The molecule has 0 unspecified atom stereocenters. The number of methoxy groups -OCH3 is 1. The van der Waals surface area contributed by atoms with Gasteiger partial charge in [0.05, 0.1) is 7.11 Å². The van der Waals surface area contributed by atoms with Crippen LogP contribution in [0, 0.1) is 0 Å². The molecule has 4 aromatic rings. The zero-order valence-corrected chi connectivity index (χ0v) is 15.3. The molecular formula is C16H12ClN5O3S. The molecule has 0 bridgehead atoms. The van der Waals surface area contributed by atoms with E-state index in [9.17, 15) is 8.42 Å². The lowest BCUT2D eigenvalue weighted by Gasteiger charge is -2.10. The van der Waals surface area contributed by atoms with Crippen molar-refractivity contribution in [3.63, 3.8) is 0 Å². The molecule has 0 radical (unpaired) electrons. The minimum atomic E-state index is -3.54. The van der Waals surface area contributed by atoms with E-state index in [-0.39, 0.29) is 5.16 Å². The van der Waals surface area contributed by atoms with Crippen LogP contribution in [0.3, 0.4) is 0 Å². The van der Waals surface area contributed by atoms with E-state index in [1.54, 1.807) is 35.8 Å². The minimum Gasteiger partial charge on any atom is -0.497 e. The highest BCUT2D eigenvalue weighted by atomic mass is 35.5. The number of sulfone groups is 1. The Morgan fingerprint density at radius 2 is 1.96 bits per heavy atom. The number of fused-ring (bicyclic) bond motifs is 3. The number of benzene rings is 1. The van der Waals surface area contributed by atoms with Crippen LogP contribution in [0.5, 0.6) is 5.75 Å². The van der Waals surface area contributed by atoms with Crippen LogP contribution < -0.4 is 4.74 Å². The number of hydrogen-bond donors (Lipinski definition) is 0. The predicted molar refractivity (Wildman–Crippen MR) is 96.2 cm³/mol. The van der Waals surface area contributed by atoms with Crippen molar-refractivity contribution in [1.82, 2.24) is 24.6 Å². The molecule has 4 rings (SSSR count). The third-order valence-electron chi connectivity index (χ3n) is 3.89. The summed E-state index contributed by atoms with van der Waals surface area (Å²) in [6.45, 7) is 0. The number of hydrogen-bond acceptors (Lipinski definition) is 7. The average molecular weight is 390 g/mol. The zero-order chi connectivity index (χ0) is 18.5. The van der Waals surface area contributed by atoms with Crippen molar-refractivity contribution in [3.8, 4) is 16.9 Å². The standard InChI is InChI=1S/C16H12ClN5O3S/c1-25-10-3-4-13(17)11(6-10)12-5-9-7-18-16(26(2,23)24)20-14(9)22-8-19-21-15(12)22/h3-8H,1-2H3. The Kier molecular flexibility index (Phi) is 3.78. The van der Waals surface area contributed by atoms with Gasteiger partial charge in [0.25, 0.3) is 0 Å². The van der Waals surface area contributed by atoms with Crippen LogP contribution in [0.1, 0.15) is 0 Å². The van der Waals surface area contributed by atoms with Crippen molar-refractivity contribution in [2.75, 3.05) is 13.4 Å². The monoisotopic (exact) mass is 389 g/mol. The minimum absolute atomic E-state index is 0.257. The molecule has 0 aliphatic carbocycles. The summed E-state index contributed by atoms with van der Waals surface area (Å²) >= 11 is 6.37. The second-order valence-corrected chi connectivity index (χ2v) is 7.95. The summed E-state index contributed by atoms with van der Waals surface area (Å²) in [6, 6.07) is 7.08. The van der Waals surface area contributed by atoms with E-state index in [1.165, 1.54) is 12.5 Å². The number of halogens is 1. The lowest BCUT2D eigenvalue weighted by Crippen LogP contribution is -2.05. The molecule has 0 spiro atoms.